The maximum absolute atomic E-state index is 11.7. The molecule has 0 saturated carbocycles. The summed E-state index contributed by atoms with van der Waals surface area (Å²) in [5.74, 6) is 0.724. The third kappa shape index (κ3) is 2.16. The van der Waals surface area contributed by atoms with Gasteiger partial charge in [0.05, 0.1) is 0 Å². The molecular weight excluding hydrogens is 186 g/mol. The third-order valence-corrected chi connectivity index (χ3v) is 3.11. The molecule has 0 aromatic rings. The van der Waals surface area contributed by atoms with E-state index in [0.29, 0.717) is 12.0 Å². The van der Waals surface area contributed by atoms with Crippen LogP contribution in [0.1, 0.15) is 33.6 Å². The summed E-state index contributed by atoms with van der Waals surface area (Å²) in [4.78, 5) is 13.6. The second-order valence-electron chi connectivity index (χ2n) is 3.89. The van der Waals surface area contributed by atoms with Crippen molar-refractivity contribution >= 4 is 17.5 Å². The van der Waals surface area contributed by atoms with E-state index in [1.54, 1.807) is 6.92 Å². The Morgan fingerprint density at radius 2 is 2.31 bits per heavy atom. The van der Waals surface area contributed by atoms with Gasteiger partial charge in [0.1, 0.15) is 5.38 Å². The number of rotatable bonds is 2. The lowest BCUT2D eigenvalue weighted by Gasteiger charge is -2.26. The number of nitrogens with zero attached hydrogens (tertiary/aromatic N) is 1. The average Bonchev–Trinajstić information content (AvgIpc) is 2.45. The Hall–Kier alpha value is -0.240. The lowest BCUT2D eigenvalue weighted by Crippen LogP contribution is -2.40. The summed E-state index contributed by atoms with van der Waals surface area (Å²) in [5, 5.41) is -0.376. The number of amides is 1. The number of alkyl halides is 1. The van der Waals surface area contributed by atoms with Gasteiger partial charge in [-0.3, -0.25) is 4.79 Å². The second-order valence-corrected chi connectivity index (χ2v) is 4.54. The predicted molar refractivity (Wildman–Crippen MR) is 54.9 cm³/mol. The fourth-order valence-electron chi connectivity index (χ4n) is 2.13. The van der Waals surface area contributed by atoms with Crippen LogP contribution in [0.5, 0.6) is 0 Å². The first-order chi connectivity index (χ1) is 6.07. The Balaban J connectivity index is 2.65. The van der Waals surface area contributed by atoms with Gasteiger partial charge in [0.25, 0.3) is 0 Å². The summed E-state index contributed by atoms with van der Waals surface area (Å²) in [6.07, 6.45) is 2.16. The summed E-state index contributed by atoms with van der Waals surface area (Å²) >= 11 is 5.79. The molecule has 13 heavy (non-hydrogen) atoms. The summed E-state index contributed by atoms with van der Waals surface area (Å²) in [6, 6.07) is 0.411. The van der Waals surface area contributed by atoms with Crippen molar-refractivity contribution in [2.24, 2.45) is 5.92 Å². The number of likely N-dealkylation sites (tertiary alicyclic amines) is 1. The van der Waals surface area contributed by atoms with E-state index in [1.165, 1.54) is 0 Å². The molecule has 3 heteroatoms. The molecule has 1 amide bonds. The topological polar surface area (TPSA) is 20.3 Å². The van der Waals surface area contributed by atoms with E-state index in [0.717, 1.165) is 19.4 Å². The molecule has 1 aliphatic heterocycles. The highest BCUT2D eigenvalue weighted by Gasteiger charge is 2.34. The van der Waals surface area contributed by atoms with Gasteiger partial charge >= 0.3 is 0 Å². The molecule has 0 radical (unpaired) electrons. The number of hydrogen-bond donors (Lipinski definition) is 0. The summed E-state index contributed by atoms with van der Waals surface area (Å²) in [6.45, 7) is 6.97. The van der Waals surface area contributed by atoms with Gasteiger partial charge in [-0.2, -0.15) is 0 Å². The highest BCUT2D eigenvalue weighted by Crippen LogP contribution is 2.27. The summed E-state index contributed by atoms with van der Waals surface area (Å²) < 4.78 is 0. The van der Waals surface area contributed by atoms with E-state index in [1.807, 2.05) is 4.90 Å². The molecule has 1 saturated heterocycles. The third-order valence-electron chi connectivity index (χ3n) is 2.92. The van der Waals surface area contributed by atoms with E-state index >= 15 is 0 Å². The van der Waals surface area contributed by atoms with Crippen molar-refractivity contribution in [3.05, 3.63) is 0 Å². The maximum Gasteiger partial charge on any atom is 0.240 e. The largest absolute Gasteiger partial charge is 0.338 e. The molecule has 0 aromatic carbocycles. The van der Waals surface area contributed by atoms with Crippen molar-refractivity contribution in [2.45, 2.75) is 45.0 Å². The normalized spacial score (nSPS) is 30.6. The van der Waals surface area contributed by atoms with E-state index in [-0.39, 0.29) is 11.3 Å². The first-order valence-electron chi connectivity index (χ1n) is 5.02. The van der Waals surface area contributed by atoms with Gasteiger partial charge < -0.3 is 4.90 Å². The minimum absolute atomic E-state index is 0.0952. The van der Waals surface area contributed by atoms with E-state index in [2.05, 4.69) is 13.8 Å². The van der Waals surface area contributed by atoms with Crippen LogP contribution in [-0.4, -0.2) is 28.8 Å². The molecule has 2 nitrogen and oxygen atoms in total. The van der Waals surface area contributed by atoms with Crippen molar-refractivity contribution < 1.29 is 4.79 Å². The monoisotopic (exact) mass is 203 g/mol. The van der Waals surface area contributed by atoms with Crippen molar-refractivity contribution in [2.75, 3.05) is 6.54 Å². The van der Waals surface area contributed by atoms with Crippen molar-refractivity contribution in [1.29, 1.82) is 0 Å². The molecule has 76 valence electrons. The Bertz CT molecular complexity index is 193. The van der Waals surface area contributed by atoms with Crippen molar-refractivity contribution in [3.63, 3.8) is 0 Å². The molecule has 3 unspecified atom stereocenters. The van der Waals surface area contributed by atoms with Gasteiger partial charge in [0, 0.05) is 12.6 Å². The van der Waals surface area contributed by atoms with E-state index in [4.69, 9.17) is 11.6 Å². The molecule has 1 aliphatic rings. The summed E-state index contributed by atoms with van der Waals surface area (Å²) in [5.41, 5.74) is 0. The summed E-state index contributed by atoms with van der Waals surface area (Å²) in [7, 11) is 0. The molecular formula is C10H18ClNO. The zero-order valence-electron chi connectivity index (χ0n) is 8.59. The number of hydrogen-bond acceptors (Lipinski definition) is 1. The first-order valence-corrected chi connectivity index (χ1v) is 5.46. The SMILES string of the molecule is CCC1C(C)CCN1C(=O)C(C)Cl. The van der Waals surface area contributed by atoms with Crippen molar-refractivity contribution in [1.82, 2.24) is 4.90 Å². The van der Waals surface area contributed by atoms with Gasteiger partial charge in [0.2, 0.25) is 5.91 Å². The number of halogens is 1. The Labute approximate surface area is 85.2 Å². The minimum Gasteiger partial charge on any atom is -0.338 e. The molecule has 0 N–H and O–H groups in total. The average molecular weight is 204 g/mol. The predicted octanol–water partition coefficient (Wildman–Crippen LogP) is 2.26. The zero-order chi connectivity index (χ0) is 10.0. The fourth-order valence-corrected chi connectivity index (χ4v) is 2.26. The maximum atomic E-state index is 11.7. The zero-order valence-corrected chi connectivity index (χ0v) is 9.34. The Morgan fingerprint density at radius 1 is 1.69 bits per heavy atom. The number of carbonyl (C=O) groups excluding carboxylic acids is 1. The Morgan fingerprint density at radius 3 is 2.77 bits per heavy atom. The minimum atomic E-state index is -0.376. The van der Waals surface area contributed by atoms with Crippen molar-refractivity contribution in [3.8, 4) is 0 Å². The number of carbonyl (C=O) groups is 1. The van der Waals surface area contributed by atoms with Crippen LogP contribution >= 0.6 is 11.6 Å². The van der Waals surface area contributed by atoms with Crippen LogP contribution in [-0.2, 0) is 4.79 Å². The highest BCUT2D eigenvalue weighted by molar-refractivity contribution is 6.30. The quantitative estimate of drug-likeness (QED) is 0.631. The molecule has 0 aliphatic carbocycles. The smallest absolute Gasteiger partial charge is 0.240 e. The molecule has 1 fully saturated rings. The molecule has 1 rings (SSSR count). The van der Waals surface area contributed by atoms with Crippen LogP contribution in [0.2, 0.25) is 0 Å². The van der Waals surface area contributed by atoms with Gasteiger partial charge in [-0.1, -0.05) is 13.8 Å². The molecule has 0 spiro atoms. The second kappa shape index (κ2) is 4.32. The van der Waals surface area contributed by atoms with E-state index < -0.39 is 0 Å². The lowest BCUT2D eigenvalue weighted by molar-refractivity contribution is -0.131. The van der Waals surface area contributed by atoms with Crippen LogP contribution in [0, 0.1) is 5.92 Å². The molecule has 1 heterocycles. The van der Waals surface area contributed by atoms with Gasteiger partial charge in [-0.25, -0.2) is 0 Å². The lowest BCUT2D eigenvalue weighted by atomic mass is 10.0. The van der Waals surface area contributed by atoms with Gasteiger partial charge in [-0.15, -0.1) is 11.6 Å². The van der Waals surface area contributed by atoms with E-state index in [9.17, 15) is 4.79 Å². The molecule has 3 atom stereocenters. The molecule has 0 aromatic heterocycles. The van der Waals surface area contributed by atoms with Gasteiger partial charge in [-0.05, 0) is 25.7 Å². The fraction of sp³-hybridized carbons (Fsp3) is 0.900. The van der Waals surface area contributed by atoms with Crippen LogP contribution < -0.4 is 0 Å². The Kier molecular flexibility index (Phi) is 3.60. The van der Waals surface area contributed by atoms with Crippen LogP contribution in [0.25, 0.3) is 0 Å². The van der Waals surface area contributed by atoms with Crippen LogP contribution in [0.3, 0.4) is 0 Å². The van der Waals surface area contributed by atoms with Gasteiger partial charge in [0.15, 0.2) is 0 Å². The highest BCUT2D eigenvalue weighted by atomic mass is 35.5. The molecule has 0 bridgehead atoms. The van der Waals surface area contributed by atoms with Crippen LogP contribution in [0.15, 0.2) is 0 Å². The first kappa shape index (κ1) is 10.8. The van der Waals surface area contributed by atoms with Crippen LogP contribution in [0.4, 0.5) is 0 Å². The standard InChI is InChI=1S/C10H18ClNO/c1-4-9-7(2)5-6-12(9)10(13)8(3)11/h7-9H,4-6H2,1-3H3.